The Morgan fingerprint density at radius 1 is 1.08 bits per heavy atom. The average molecular weight is 2700 g/mol. The second-order valence-corrected chi connectivity index (χ2v) is 15.8. The van der Waals surface area contributed by atoms with Gasteiger partial charge in [-0.1, -0.05) is 52.2 Å². The topological polar surface area (TPSA) is 159 Å². The molecule has 1 aromatic heterocycles. The van der Waals surface area contributed by atoms with Gasteiger partial charge in [-0.3, -0.25) is 4.79 Å². The van der Waals surface area contributed by atoms with Crippen molar-refractivity contribution in [2.75, 3.05) is 41.5 Å². The summed E-state index contributed by atoms with van der Waals surface area (Å²) in [4.78, 5) is 35.6. The van der Waals surface area contributed by atoms with E-state index in [1.54, 1.807) is 79.7 Å². The Kier molecular flexibility index (Phi) is 58.2. The van der Waals surface area contributed by atoms with E-state index in [2.05, 4.69) is 27.5 Å². The summed E-state index contributed by atoms with van der Waals surface area (Å²) in [6.45, 7) is 19.2. The molecule has 66 heavy (non-hydrogen) atoms. The Morgan fingerprint density at radius 3 is 2.11 bits per heavy atom. The van der Waals surface area contributed by atoms with Gasteiger partial charge in [-0.25, -0.2) is 5.92 Å². The summed E-state index contributed by atoms with van der Waals surface area (Å²) in [7, 11) is 7.24. The fourth-order valence-corrected chi connectivity index (χ4v) is 7.98. The molecule has 4 rings (SSSR count). The molecule has 375 valence electrons. The molecule has 0 amide bonds. The molecule has 13 nitrogen and oxygen atoms in total. The van der Waals surface area contributed by atoms with E-state index in [0.29, 0.717) is 13.0 Å². The summed E-state index contributed by atoms with van der Waals surface area (Å²) in [5.74, 6) is -2.84. The minimum absolute atomic E-state index is 0. The fraction of sp³-hybridized carbons (Fsp3) is 0.714. The summed E-state index contributed by atoms with van der Waals surface area (Å²) >= 11 is 4.42. The molecule has 12 atom stereocenters. The Bertz CT molecular complexity index is 1510. The molecule has 1 aromatic rings. The Balaban J connectivity index is -0.000000230. The zero-order valence-corrected chi connectivity index (χ0v) is 71.8. The van der Waals surface area contributed by atoms with E-state index >= 15 is 0 Å². The maximum Gasteiger partial charge on any atom is 0 e. The molecule has 3 aliphatic heterocycles. The summed E-state index contributed by atoms with van der Waals surface area (Å²) in [5, 5.41) is 20.6. The van der Waals surface area contributed by atoms with Crippen molar-refractivity contribution in [3.05, 3.63) is 48.2 Å². The molecular weight excluding hydrogens is 2630 g/mol. The molecule has 0 aliphatic carbocycles. The third-order valence-electron chi connectivity index (χ3n) is 11.2. The Hall–Kier alpha value is 5.11. The van der Waals surface area contributed by atoms with E-state index in [1.165, 1.54) is 6.92 Å². The Morgan fingerprint density at radius 2 is 1.64 bits per heavy atom. The number of rotatable bonds is 7. The summed E-state index contributed by atoms with van der Waals surface area (Å²) in [6.07, 6.45) is 1.56. The van der Waals surface area contributed by atoms with Gasteiger partial charge in [0.2, 0.25) is 0 Å². The molecule has 1 radical (unpaired) electrons. The van der Waals surface area contributed by atoms with Crippen molar-refractivity contribution in [2.45, 2.75) is 135 Å². The number of carbonyl (C=O) groups is 2. The van der Waals surface area contributed by atoms with Crippen LogP contribution in [0.25, 0.3) is 0 Å². The number of ketones is 1. The van der Waals surface area contributed by atoms with Crippen LogP contribution in [0.5, 0.6) is 0 Å². The van der Waals surface area contributed by atoms with E-state index < -0.39 is 59.6 Å². The number of nitrogens with zero attached hydrogens (tertiary/aromatic N) is 2. The van der Waals surface area contributed by atoms with Gasteiger partial charge in [0.15, 0.2) is 12.3 Å². The van der Waals surface area contributed by atoms with Crippen molar-refractivity contribution in [3.8, 4) is 0 Å². The smallest absolute Gasteiger partial charge is 0 e. The maximum atomic E-state index is 14.1. The molecule has 3 aliphatic rings. The largest absolute Gasteiger partial charge is 0 e. The van der Waals surface area contributed by atoms with Crippen LogP contribution in [0, 0.1) is 35.3 Å². The molecule has 2 N–H and O–H groups in total. The average Bonchev–Trinajstić information content (AvgIpc) is 3.21. The molecule has 0 spiro atoms. The number of aromatic nitrogens is 1. The van der Waals surface area contributed by atoms with Crippen LogP contribution < -0.4 is 0 Å². The second-order valence-electron chi connectivity index (χ2n) is 15.8. The van der Waals surface area contributed by atoms with Gasteiger partial charge in [0.1, 0.15) is 17.8 Å². The first kappa shape index (κ1) is 85.0. The number of pyridine rings is 1. The molecule has 3 fully saturated rings. The minimum Gasteiger partial charge on any atom is 0 e. The third kappa shape index (κ3) is 26.4. The number of hydrogen-bond donors (Lipinski definition) is 2. The molecule has 4 heterocycles. The molecule has 0 saturated carbocycles. The summed E-state index contributed by atoms with van der Waals surface area (Å²) < 4.78 is 48.6. The normalized spacial score (nSPS) is 30.9. The van der Waals surface area contributed by atoms with Crippen LogP contribution in [-0.4, -0.2) is 133 Å². The second kappa shape index (κ2) is 45.2. The number of cyclic esters (lactones) is 1. The quantitative estimate of drug-likeness (QED) is 0.223. The first-order valence-corrected chi connectivity index (χ1v) is 31.8. The van der Waals surface area contributed by atoms with Crippen molar-refractivity contribution in [3.63, 3.8) is 0 Å². The van der Waals surface area contributed by atoms with Gasteiger partial charge in [-0.2, -0.15) is 19.1 Å². The Labute approximate surface area is 553 Å². The summed E-state index contributed by atoms with van der Waals surface area (Å²) in [6, 6.07) is 3.68. The van der Waals surface area contributed by atoms with Gasteiger partial charge in [-0.15, -0.1) is 5.56 Å². The van der Waals surface area contributed by atoms with Gasteiger partial charge in [0.05, 0.1) is 49.4 Å². The van der Waals surface area contributed by atoms with Crippen molar-refractivity contribution < 1.29 is 281 Å². The molecule has 0 unspecified atom stereocenters. The van der Waals surface area contributed by atoms with Crippen LogP contribution >= 0.6 is 0 Å². The van der Waals surface area contributed by atoms with Gasteiger partial charge in [-0.05, 0) is 60.0 Å². The first-order chi connectivity index (χ1) is 27.7. The minimum atomic E-state index is -1.65. The summed E-state index contributed by atoms with van der Waals surface area (Å²) in [5.41, 5.74) is -0.770. The van der Waals surface area contributed by atoms with Crippen molar-refractivity contribution in [1.82, 2.24) is 9.88 Å². The van der Waals surface area contributed by atoms with E-state index in [9.17, 15) is 14.7 Å². The van der Waals surface area contributed by atoms with Crippen LogP contribution in [-0.2, 0) is 281 Å². The standard InChI is InChI=1S/C34H57N2O9.C7H8NO.CH.10W.Y/c1-13-26-34(9,39)30-21(5)20(4)18(2)15-33(8,42-17-24(35)16-41-30)29(22(6)27(37)23(7)31(38)44-26)45-32-28(40-12)25(36(10)11)14-19(3)43-32;1-9-6-7-3-2-4-8-5-7;;;;;;;;;;;;/h18-19,21-22,25-26,28-30,32,35,39H,4,13-17H2,1-3,5-12H3;2-3,5H,6H2,1H3;1H;;;;;;;;;;;/q3*-1;;;;;;;;;;;/t18-,19-,21+,22+,25+,26-,28-,29-,30-,32+,33-,34-;;;;;;;;;;;;;/m1............./s1/i;;1T;;;;;;;;;;;. The molecular formula is C42H66N3O10W10Y-3. The predicted octanol–water partition coefficient (Wildman–Crippen LogP) is 4.60. The fourth-order valence-electron chi connectivity index (χ4n) is 7.98. The van der Waals surface area contributed by atoms with E-state index in [4.69, 9.17) is 39.9 Å². The van der Waals surface area contributed by atoms with Gasteiger partial charge in [0.25, 0.3) is 0 Å². The number of ether oxygens (including phenoxy) is 7. The number of carbonyl (C=O) groups excluding carboxylic acids is 2. The zero-order valence-electron chi connectivity index (χ0n) is 40.6. The molecule has 2 bridgehead atoms. The number of Topliss-reactive ketones (excluding diaryl/α,β-unsaturated/α-hetero) is 1. The molecule has 3 saturated heterocycles. The van der Waals surface area contributed by atoms with Crippen LogP contribution in [0.2, 0.25) is 0 Å². The maximum absolute atomic E-state index is 14.1. The number of aliphatic hydroxyl groups is 1. The molecule has 0 aromatic carbocycles. The van der Waals surface area contributed by atoms with E-state index in [0.717, 1.165) is 36.9 Å². The number of esters is 1. The number of methoxy groups -OCH3 is 2. The zero-order chi connectivity index (χ0) is 45.2. The van der Waals surface area contributed by atoms with Gasteiger partial charge in [0, 0.05) is 218 Å². The van der Waals surface area contributed by atoms with Crippen molar-refractivity contribution in [1.29, 1.82) is 5.41 Å². The predicted molar refractivity (Wildman–Crippen MR) is 210 cm³/mol. The van der Waals surface area contributed by atoms with E-state index in [1.807, 2.05) is 47.9 Å². The number of fused-ring (bicyclic) bond motifs is 5. The first-order valence-electron chi connectivity index (χ1n) is 19.8. The van der Waals surface area contributed by atoms with Gasteiger partial charge >= 0.3 is 58.0 Å². The van der Waals surface area contributed by atoms with Crippen LogP contribution in [0.4, 0.5) is 0 Å². The number of nitrogens with one attached hydrogen (secondary N) is 1. The monoisotopic (exact) mass is 2700 g/mol. The number of hydrogen-bond acceptors (Lipinski definition) is 13. The van der Waals surface area contributed by atoms with E-state index in [-0.39, 0.29) is 235 Å². The molecule has 24 heteroatoms. The van der Waals surface area contributed by atoms with Gasteiger partial charge < -0.3 is 58.4 Å². The van der Waals surface area contributed by atoms with Crippen LogP contribution in [0.3, 0.4) is 0 Å². The van der Waals surface area contributed by atoms with Crippen LogP contribution in [0.15, 0.2) is 30.5 Å². The SMILES string of the molecule is C=C1[C@H](C)C[C@@]2(C)OCC(=N)CO[C@H]([C@H]1C)[C@](C)(O)[C@@H](CC)OC(=O)[C-](C)C(=O)[C@H](C)[C@H]2O[C@@H]1O[C@H](C)C[C@H](N(C)C)[C@H]1OC.COCc1cc[c-]nc1.[3H][C-]=[W].[W].[W].[W].[W].[W].[W].[W].[W]=[W].[Y]. The van der Waals surface area contributed by atoms with Crippen LogP contribution in [0.1, 0.15) is 81.6 Å². The van der Waals surface area contributed by atoms with Crippen molar-refractivity contribution >= 4 is 22.3 Å². The van der Waals surface area contributed by atoms with Crippen molar-refractivity contribution in [2.24, 2.45) is 17.8 Å². The number of likely N-dealkylation sites (N-methyl/N-ethyl adjacent to an activating group) is 1. The third-order valence-corrected chi connectivity index (χ3v) is 11.2.